The predicted molar refractivity (Wildman–Crippen MR) is 90.8 cm³/mol. The van der Waals surface area contributed by atoms with Gasteiger partial charge in [-0.2, -0.15) is 0 Å². The fourth-order valence-electron chi connectivity index (χ4n) is 3.24. The lowest BCUT2D eigenvalue weighted by molar-refractivity contribution is -0.225. The fraction of sp³-hybridized carbons (Fsp3) is 0.684. The van der Waals surface area contributed by atoms with Crippen LogP contribution in [0.1, 0.15) is 33.3 Å². The first-order chi connectivity index (χ1) is 11.7. The van der Waals surface area contributed by atoms with Crippen molar-refractivity contribution in [1.82, 2.24) is 0 Å². The highest BCUT2D eigenvalue weighted by Crippen LogP contribution is 2.33. The molecule has 4 atom stereocenters. The molecule has 0 saturated carbocycles. The van der Waals surface area contributed by atoms with Gasteiger partial charge in [-0.25, -0.2) is 0 Å². The van der Waals surface area contributed by atoms with Gasteiger partial charge in [0, 0.05) is 0 Å². The third-order valence-electron chi connectivity index (χ3n) is 4.27. The number of benzene rings is 1. The van der Waals surface area contributed by atoms with Crippen molar-refractivity contribution in [2.24, 2.45) is 0 Å². The first-order valence-corrected chi connectivity index (χ1v) is 8.73. The molecule has 140 valence electrons. The van der Waals surface area contributed by atoms with E-state index in [1.165, 1.54) is 0 Å². The van der Waals surface area contributed by atoms with Crippen LogP contribution in [0, 0.1) is 0 Å². The van der Waals surface area contributed by atoms with E-state index in [0.717, 1.165) is 5.56 Å². The van der Waals surface area contributed by atoms with E-state index < -0.39 is 11.6 Å². The highest BCUT2D eigenvalue weighted by molar-refractivity contribution is 5.13. The molecule has 6 nitrogen and oxygen atoms in total. The number of ether oxygens (including phenoxy) is 5. The molecule has 0 aliphatic carbocycles. The molecule has 0 aromatic heterocycles. The Hall–Kier alpha value is -1.02. The van der Waals surface area contributed by atoms with E-state index in [-0.39, 0.29) is 24.4 Å². The summed E-state index contributed by atoms with van der Waals surface area (Å²) in [4.78, 5) is 0. The maximum Gasteiger partial charge on any atom is 0.163 e. The topological polar surface area (TPSA) is 66.4 Å². The molecule has 4 unspecified atom stereocenters. The van der Waals surface area contributed by atoms with Crippen molar-refractivity contribution in [3.63, 3.8) is 0 Å². The second-order valence-electron chi connectivity index (χ2n) is 7.53. The Morgan fingerprint density at radius 3 is 2.52 bits per heavy atom. The van der Waals surface area contributed by atoms with Crippen LogP contribution in [-0.2, 0) is 30.3 Å². The van der Waals surface area contributed by atoms with Crippen LogP contribution in [0.2, 0.25) is 0 Å². The van der Waals surface area contributed by atoms with Gasteiger partial charge in [-0.1, -0.05) is 30.3 Å². The Labute approximate surface area is 149 Å². The first kappa shape index (κ1) is 18.8. The van der Waals surface area contributed by atoms with Gasteiger partial charge in [0.25, 0.3) is 0 Å². The minimum absolute atomic E-state index is 0.230. The summed E-state index contributed by atoms with van der Waals surface area (Å²) in [5.74, 6) is -1.89. The quantitative estimate of drug-likeness (QED) is 0.792. The van der Waals surface area contributed by atoms with E-state index in [2.05, 4.69) is 0 Å². The highest BCUT2D eigenvalue weighted by atomic mass is 16.8. The lowest BCUT2D eigenvalue weighted by Crippen LogP contribution is -2.45. The predicted octanol–water partition coefficient (Wildman–Crippen LogP) is 2.24. The lowest BCUT2D eigenvalue weighted by Gasteiger charge is -2.30. The molecule has 0 radical (unpaired) electrons. The van der Waals surface area contributed by atoms with Crippen molar-refractivity contribution in [1.29, 1.82) is 0 Å². The molecular formula is C19H28O6. The van der Waals surface area contributed by atoms with Gasteiger partial charge in [0.1, 0.15) is 24.4 Å². The third kappa shape index (κ3) is 5.00. The maximum atomic E-state index is 10.0. The maximum absolute atomic E-state index is 10.0. The van der Waals surface area contributed by atoms with Crippen molar-refractivity contribution < 1.29 is 28.8 Å². The molecule has 0 bridgehead atoms. The van der Waals surface area contributed by atoms with Gasteiger partial charge in [-0.05, 0) is 33.3 Å². The van der Waals surface area contributed by atoms with Crippen molar-refractivity contribution in [2.75, 3.05) is 13.2 Å². The van der Waals surface area contributed by atoms with Crippen LogP contribution in [0.15, 0.2) is 30.3 Å². The molecule has 2 heterocycles. The summed E-state index contributed by atoms with van der Waals surface area (Å²) in [6, 6.07) is 9.94. The van der Waals surface area contributed by atoms with Crippen molar-refractivity contribution >= 4 is 0 Å². The molecular weight excluding hydrogens is 324 g/mol. The summed E-state index contributed by atoms with van der Waals surface area (Å²) in [5, 5.41) is 10.0. The highest BCUT2D eigenvalue weighted by Gasteiger charge is 2.49. The van der Waals surface area contributed by atoms with Crippen LogP contribution in [0.4, 0.5) is 0 Å². The zero-order valence-corrected chi connectivity index (χ0v) is 15.3. The van der Waals surface area contributed by atoms with Gasteiger partial charge in [0.05, 0.1) is 19.8 Å². The Bertz CT molecular complexity index is 553. The standard InChI is InChI=1S/C19H28O6/c1-18(2,20)24-14-11-22-17(15-12-23-19(3,4)25-15)16(14)21-10-13-8-6-5-7-9-13/h5-9,14-17,20H,10-12H2,1-4H3. The number of aliphatic hydroxyl groups is 1. The van der Waals surface area contributed by atoms with E-state index in [1.807, 2.05) is 44.2 Å². The van der Waals surface area contributed by atoms with Crippen LogP contribution in [0.25, 0.3) is 0 Å². The molecule has 0 spiro atoms. The minimum atomic E-state index is -1.26. The van der Waals surface area contributed by atoms with Gasteiger partial charge in [0.2, 0.25) is 0 Å². The summed E-state index contributed by atoms with van der Waals surface area (Å²) in [6.45, 7) is 8.19. The summed E-state index contributed by atoms with van der Waals surface area (Å²) in [6.07, 6.45) is -1.26. The van der Waals surface area contributed by atoms with Crippen LogP contribution in [0.5, 0.6) is 0 Å². The molecule has 25 heavy (non-hydrogen) atoms. The summed E-state index contributed by atoms with van der Waals surface area (Å²) >= 11 is 0. The van der Waals surface area contributed by atoms with E-state index in [0.29, 0.717) is 19.8 Å². The molecule has 1 aromatic carbocycles. The molecule has 6 heteroatoms. The van der Waals surface area contributed by atoms with Gasteiger partial charge >= 0.3 is 0 Å². The van der Waals surface area contributed by atoms with Gasteiger partial charge < -0.3 is 28.8 Å². The first-order valence-electron chi connectivity index (χ1n) is 8.73. The van der Waals surface area contributed by atoms with E-state index in [9.17, 15) is 5.11 Å². The zero-order valence-electron chi connectivity index (χ0n) is 15.3. The molecule has 0 amide bonds. The van der Waals surface area contributed by atoms with Crippen molar-refractivity contribution in [3.8, 4) is 0 Å². The summed E-state index contributed by atoms with van der Waals surface area (Å²) < 4.78 is 29.4. The molecule has 2 aliphatic rings. The largest absolute Gasteiger partial charge is 0.370 e. The zero-order chi connectivity index (χ0) is 18.1. The molecule has 2 saturated heterocycles. The Kier molecular flexibility index (Phi) is 5.48. The SMILES string of the molecule is CC(C)(O)OC1COC(C2COC(C)(C)O2)C1OCc1ccccc1. The summed E-state index contributed by atoms with van der Waals surface area (Å²) in [7, 11) is 0. The fourth-order valence-corrected chi connectivity index (χ4v) is 3.24. The van der Waals surface area contributed by atoms with Crippen molar-refractivity contribution in [3.05, 3.63) is 35.9 Å². The molecule has 3 rings (SSSR count). The van der Waals surface area contributed by atoms with Crippen LogP contribution >= 0.6 is 0 Å². The normalized spacial score (nSPS) is 32.2. The number of rotatable bonds is 6. The number of hydrogen-bond acceptors (Lipinski definition) is 6. The molecule has 2 aliphatic heterocycles. The van der Waals surface area contributed by atoms with E-state index in [4.69, 9.17) is 23.7 Å². The smallest absolute Gasteiger partial charge is 0.163 e. The van der Waals surface area contributed by atoms with Crippen LogP contribution in [0.3, 0.4) is 0 Å². The third-order valence-corrected chi connectivity index (χ3v) is 4.27. The van der Waals surface area contributed by atoms with E-state index >= 15 is 0 Å². The van der Waals surface area contributed by atoms with Crippen molar-refractivity contribution in [2.45, 2.75) is 70.3 Å². The monoisotopic (exact) mass is 352 g/mol. The van der Waals surface area contributed by atoms with E-state index in [1.54, 1.807) is 13.8 Å². The average molecular weight is 352 g/mol. The Morgan fingerprint density at radius 1 is 1.20 bits per heavy atom. The van der Waals surface area contributed by atoms with Gasteiger partial charge in [-0.15, -0.1) is 0 Å². The minimum Gasteiger partial charge on any atom is -0.370 e. The van der Waals surface area contributed by atoms with Gasteiger partial charge in [0.15, 0.2) is 11.6 Å². The lowest BCUT2D eigenvalue weighted by atomic mass is 10.1. The Morgan fingerprint density at radius 2 is 1.92 bits per heavy atom. The molecule has 1 aromatic rings. The average Bonchev–Trinajstić information content (AvgIpc) is 3.07. The van der Waals surface area contributed by atoms with Gasteiger partial charge in [-0.3, -0.25) is 0 Å². The number of hydrogen-bond donors (Lipinski definition) is 1. The molecule has 1 N–H and O–H groups in total. The molecule has 2 fully saturated rings. The second-order valence-corrected chi connectivity index (χ2v) is 7.53. The van der Waals surface area contributed by atoms with Crippen LogP contribution in [-0.4, -0.2) is 54.3 Å². The van der Waals surface area contributed by atoms with Crippen LogP contribution < -0.4 is 0 Å². The summed E-state index contributed by atoms with van der Waals surface area (Å²) in [5.41, 5.74) is 1.07. The second kappa shape index (κ2) is 7.31. The Balaban J connectivity index is 1.70.